The minimum atomic E-state index is -3.83. The van der Waals surface area contributed by atoms with E-state index in [-0.39, 0.29) is 28.3 Å². The van der Waals surface area contributed by atoms with Crippen molar-refractivity contribution < 1.29 is 17.6 Å². The Kier molecular flexibility index (Phi) is 5.41. The van der Waals surface area contributed by atoms with Gasteiger partial charge in [-0.05, 0) is 49.9 Å². The van der Waals surface area contributed by atoms with Gasteiger partial charge in [-0.25, -0.2) is 17.5 Å². The Morgan fingerprint density at radius 2 is 2.04 bits per heavy atom. The average Bonchev–Trinajstić information content (AvgIpc) is 3.10. The predicted octanol–water partition coefficient (Wildman–Crippen LogP) is 1.34. The summed E-state index contributed by atoms with van der Waals surface area (Å²) in [5.41, 5.74) is -0.0754. The zero-order valence-electron chi connectivity index (χ0n) is 14.3. The van der Waals surface area contributed by atoms with Gasteiger partial charge in [0.05, 0.1) is 10.5 Å². The van der Waals surface area contributed by atoms with Crippen molar-refractivity contribution in [2.75, 3.05) is 26.2 Å². The van der Waals surface area contributed by atoms with Gasteiger partial charge in [-0.15, -0.1) is 0 Å². The Morgan fingerprint density at radius 1 is 1.32 bits per heavy atom. The summed E-state index contributed by atoms with van der Waals surface area (Å²) in [4.78, 5) is 13.7. The van der Waals surface area contributed by atoms with Gasteiger partial charge in [-0.1, -0.05) is 6.92 Å². The Bertz CT molecular complexity index is 748. The number of nitrogens with zero attached hydrogens (tertiary/aromatic N) is 1. The lowest BCUT2D eigenvalue weighted by molar-refractivity contribution is 0.0788. The molecule has 2 heterocycles. The molecule has 3 rings (SSSR count). The van der Waals surface area contributed by atoms with Gasteiger partial charge >= 0.3 is 0 Å². The molecule has 0 saturated carbocycles. The summed E-state index contributed by atoms with van der Waals surface area (Å²) in [7, 11) is -3.83. The molecule has 25 heavy (non-hydrogen) atoms. The highest BCUT2D eigenvalue weighted by Crippen LogP contribution is 2.20. The molecule has 0 bridgehead atoms. The van der Waals surface area contributed by atoms with E-state index in [1.807, 2.05) is 6.92 Å². The number of sulfonamides is 1. The number of carbonyl (C=O) groups is 1. The topological polar surface area (TPSA) is 78.5 Å². The first-order chi connectivity index (χ1) is 11.9. The first-order valence-electron chi connectivity index (χ1n) is 8.70. The maximum Gasteiger partial charge on any atom is 0.256 e. The van der Waals surface area contributed by atoms with Crippen LogP contribution in [0.15, 0.2) is 23.1 Å². The largest absolute Gasteiger partial charge is 0.339 e. The lowest BCUT2D eigenvalue weighted by atomic mass is 9.96. The van der Waals surface area contributed by atoms with Crippen LogP contribution in [-0.4, -0.2) is 51.4 Å². The van der Waals surface area contributed by atoms with E-state index < -0.39 is 15.8 Å². The minimum absolute atomic E-state index is 0.0754. The highest BCUT2D eigenvalue weighted by atomic mass is 32.2. The molecule has 1 amide bonds. The van der Waals surface area contributed by atoms with Gasteiger partial charge in [-0.2, -0.15) is 0 Å². The molecule has 2 N–H and O–H groups in total. The number of rotatable bonds is 4. The third-order valence-electron chi connectivity index (χ3n) is 5.01. The average molecular weight is 369 g/mol. The van der Waals surface area contributed by atoms with Crippen molar-refractivity contribution in [1.82, 2.24) is 14.9 Å². The molecule has 0 aromatic heterocycles. The van der Waals surface area contributed by atoms with E-state index in [2.05, 4.69) is 10.0 Å². The van der Waals surface area contributed by atoms with Crippen LogP contribution < -0.4 is 10.0 Å². The van der Waals surface area contributed by atoms with Crippen LogP contribution in [0.4, 0.5) is 4.39 Å². The van der Waals surface area contributed by atoms with E-state index >= 15 is 0 Å². The second-order valence-electron chi connectivity index (χ2n) is 6.84. The summed E-state index contributed by atoms with van der Waals surface area (Å²) in [5.74, 6) is -0.969. The van der Waals surface area contributed by atoms with Gasteiger partial charge in [-0.3, -0.25) is 4.79 Å². The summed E-state index contributed by atoms with van der Waals surface area (Å²) >= 11 is 0. The Labute approximate surface area is 147 Å². The first kappa shape index (κ1) is 18.3. The molecule has 138 valence electrons. The van der Waals surface area contributed by atoms with Crippen LogP contribution in [0.25, 0.3) is 0 Å². The van der Waals surface area contributed by atoms with Crippen LogP contribution in [-0.2, 0) is 10.0 Å². The molecular formula is C17H24FN3O3S. The van der Waals surface area contributed by atoms with Crippen molar-refractivity contribution in [3.8, 4) is 0 Å². The highest BCUT2D eigenvalue weighted by Gasteiger charge is 2.28. The van der Waals surface area contributed by atoms with Crippen LogP contribution in [0.5, 0.6) is 0 Å². The van der Waals surface area contributed by atoms with Crippen LogP contribution in [0.3, 0.4) is 0 Å². The van der Waals surface area contributed by atoms with Crippen LogP contribution in [0.2, 0.25) is 0 Å². The molecule has 2 fully saturated rings. The van der Waals surface area contributed by atoms with Gasteiger partial charge in [0.1, 0.15) is 5.82 Å². The zero-order chi connectivity index (χ0) is 18.0. The van der Waals surface area contributed by atoms with E-state index in [0.717, 1.165) is 31.9 Å². The standard InChI is InChI=1S/C17H24FN3O3S/c1-12-6-7-19-11-16(12)20-25(23,24)13-4-5-14(15(18)10-13)17(22)21-8-2-3-9-21/h4-5,10,12,16,19-20H,2-3,6-9,11H2,1H3. The number of amides is 1. The molecule has 0 aliphatic carbocycles. The van der Waals surface area contributed by atoms with Gasteiger partial charge in [0.15, 0.2) is 0 Å². The number of benzene rings is 1. The maximum absolute atomic E-state index is 14.4. The third kappa shape index (κ3) is 4.02. The molecule has 6 nitrogen and oxygen atoms in total. The lowest BCUT2D eigenvalue weighted by Gasteiger charge is -2.30. The van der Waals surface area contributed by atoms with Crippen molar-refractivity contribution in [3.05, 3.63) is 29.6 Å². The van der Waals surface area contributed by atoms with Crippen molar-refractivity contribution in [2.24, 2.45) is 5.92 Å². The number of likely N-dealkylation sites (tertiary alicyclic amines) is 1. The van der Waals surface area contributed by atoms with E-state index in [1.54, 1.807) is 4.90 Å². The Balaban J connectivity index is 1.78. The Hall–Kier alpha value is -1.51. The van der Waals surface area contributed by atoms with Crippen LogP contribution in [0.1, 0.15) is 36.5 Å². The van der Waals surface area contributed by atoms with Crippen molar-refractivity contribution in [3.63, 3.8) is 0 Å². The molecular weight excluding hydrogens is 345 g/mol. The monoisotopic (exact) mass is 369 g/mol. The zero-order valence-corrected chi connectivity index (χ0v) is 15.1. The second kappa shape index (κ2) is 7.39. The molecule has 2 saturated heterocycles. The molecule has 2 unspecified atom stereocenters. The number of carbonyl (C=O) groups excluding carboxylic acids is 1. The van der Waals surface area contributed by atoms with Gasteiger partial charge in [0, 0.05) is 25.7 Å². The van der Waals surface area contributed by atoms with Crippen LogP contribution in [0, 0.1) is 11.7 Å². The van der Waals surface area contributed by atoms with Crippen molar-refractivity contribution >= 4 is 15.9 Å². The molecule has 2 atom stereocenters. The number of hydrogen-bond acceptors (Lipinski definition) is 4. The van der Waals surface area contributed by atoms with Gasteiger partial charge in [0.2, 0.25) is 10.0 Å². The quantitative estimate of drug-likeness (QED) is 0.840. The summed E-state index contributed by atoms with van der Waals surface area (Å²) in [6, 6.07) is 3.28. The molecule has 0 radical (unpaired) electrons. The lowest BCUT2D eigenvalue weighted by Crippen LogP contribution is -2.50. The van der Waals surface area contributed by atoms with Gasteiger partial charge < -0.3 is 10.2 Å². The smallest absolute Gasteiger partial charge is 0.256 e. The van der Waals surface area contributed by atoms with Crippen molar-refractivity contribution in [1.29, 1.82) is 0 Å². The molecule has 2 aliphatic heterocycles. The SMILES string of the molecule is CC1CCNCC1NS(=O)(=O)c1ccc(C(=O)N2CCCC2)c(F)c1. The third-order valence-corrected chi connectivity index (χ3v) is 6.50. The first-order valence-corrected chi connectivity index (χ1v) is 10.2. The maximum atomic E-state index is 14.4. The summed E-state index contributed by atoms with van der Waals surface area (Å²) < 4.78 is 42.1. The number of piperidine rings is 1. The number of halogens is 1. The predicted molar refractivity (Wildman–Crippen MR) is 92.3 cm³/mol. The molecule has 0 spiro atoms. The highest BCUT2D eigenvalue weighted by molar-refractivity contribution is 7.89. The Morgan fingerprint density at radius 3 is 2.68 bits per heavy atom. The molecule has 2 aliphatic rings. The number of hydrogen-bond donors (Lipinski definition) is 2. The van der Waals surface area contributed by atoms with E-state index in [1.165, 1.54) is 12.1 Å². The molecule has 8 heteroatoms. The number of nitrogens with one attached hydrogen (secondary N) is 2. The fourth-order valence-corrected chi connectivity index (χ4v) is 4.70. The normalized spacial score (nSPS) is 24.5. The van der Waals surface area contributed by atoms with E-state index in [0.29, 0.717) is 19.6 Å². The fraction of sp³-hybridized carbons (Fsp3) is 0.588. The molecule has 1 aromatic rings. The molecule has 1 aromatic carbocycles. The fourth-order valence-electron chi connectivity index (χ4n) is 3.34. The summed E-state index contributed by atoms with van der Waals surface area (Å²) in [5, 5.41) is 3.15. The van der Waals surface area contributed by atoms with Crippen LogP contribution >= 0.6 is 0 Å². The summed E-state index contributed by atoms with van der Waals surface area (Å²) in [6.45, 7) is 4.64. The van der Waals surface area contributed by atoms with E-state index in [9.17, 15) is 17.6 Å². The van der Waals surface area contributed by atoms with E-state index in [4.69, 9.17) is 0 Å². The van der Waals surface area contributed by atoms with Crippen molar-refractivity contribution in [2.45, 2.75) is 37.1 Å². The minimum Gasteiger partial charge on any atom is -0.339 e. The second-order valence-corrected chi connectivity index (χ2v) is 8.55. The summed E-state index contributed by atoms with van der Waals surface area (Å²) in [6.07, 6.45) is 2.71. The van der Waals surface area contributed by atoms with Gasteiger partial charge in [0.25, 0.3) is 5.91 Å².